The van der Waals surface area contributed by atoms with Crippen molar-refractivity contribution >= 4 is 0 Å². The van der Waals surface area contributed by atoms with Gasteiger partial charge in [0, 0.05) is 18.4 Å². The highest BCUT2D eigenvalue weighted by atomic mass is 14.9. The second-order valence-corrected chi connectivity index (χ2v) is 4.40. The van der Waals surface area contributed by atoms with E-state index in [0.717, 1.165) is 19.4 Å². The summed E-state index contributed by atoms with van der Waals surface area (Å²) in [6.07, 6.45) is 6.18. The van der Waals surface area contributed by atoms with Crippen LogP contribution in [0.5, 0.6) is 0 Å². The second kappa shape index (κ2) is 4.09. The molecule has 1 aliphatic rings. The molecule has 76 valence electrons. The summed E-state index contributed by atoms with van der Waals surface area (Å²) in [5, 5.41) is 3.60. The number of fused-ring (bicyclic) bond motifs is 1. The van der Waals surface area contributed by atoms with Crippen molar-refractivity contribution in [2.45, 2.75) is 32.7 Å². The lowest BCUT2D eigenvalue weighted by atomic mass is 9.96. The Hall–Kier alpha value is -0.890. The Balaban J connectivity index is 2.22. The zero-order chi connectivity index (χ0) is 9.97. The number of rotatable bonds is 1. The van der Waals surface area contributed by atoms with Crippen LogP contribution < -0.4 is 5.32 Å². The number of hydrogen-bond acceptors (Lipinski definition) is 2. The maximum atomic E-state index is 4.18. The second-order valence-electron chi connectivity index (χ2n) is 4.40. The van der Waals surface area contributed by atoms with E-state index >= 15 is 0 Å². The van der Waals surface area contributed by atoms with Crippen molar-refractivity contribution < 1.29 is 0 Å². The first kappa shape index (κ1) is 9.66. The molecule has 1 N–H and O–H groups in total. The maximum Gasteiger partial charge on any atom is 0.0303 e. The van der Waals surface area contributed by atoms with Gasteiger partial charge in [-0.1, -0.05) is 13.8 Å². The van der Waals surface area contributed by atoms with E-state index in [9.17, 15) is 0 Å². The molecule has 2 heteroatoms. The molecule has 0 spiro atoms. The largest absolute Gasteiger partial charge is 0.313 e. The van der Waals surface area contributed by atoms with Crippen LogP contribution in [-0.4, -0.2) is 17.6 Å². The van der Waals surface area contributed by atoms with Gasteiger partial charge in [-0.3, -0.25) is 4.98 Å². The molecule has 1 aromatic heterocycles. The fourth-order valence-electron chi connectivity index (χ4n) is 2.05. The van der Waals surface area contributed by atoms with Crippen molar-refractivity contribution in [1.29, 1.82) is 0 Å². The van der Waals surface area contributed by atoms with Crippen LogP contribution in [0.2, 0.25) is 0 Å². The van der Waals surface area contributed by atoms with Crippen molar-refractivity contribution in [3.63, 3.8) is 0 Å². The van der Waals surface area contributed by atoms with E-state index in [4.69, 9.17) is 0 Å². The first-order valence-electron chi connectivity index (χ1n) is 5.42. The lowest BCUT2D eigenvalue weighted by Gasteiger charge is -2.19. The SMILES string of the molecule is CC(C)C1Cc2ccncc2CCN1. The van der Waals surface area contributed by atoms with Crippen LogP contribution in [-0.2, 0) is 12.8 Å². The van der Waals surface area contributed by atoms with Crippen LogP contribution in [0, 0.1) is 5.92 Å². The highest BCUT2D eigenvalue weighted by Gasteiger charge is 2.18. The number of pyridine rings is 1. The Morgan fingerprint density at radius 2 is 2.29 bits per heavy atom. The first-order valence-corrected chi connectivity index (χ1v) is 5.42. The fourth-order valence-corrected chi connectivity index (χ4v) is 2.05. The van der Waals surface area contributed by atoms with Gasteiger partial charge in [0.25, 0.3) is 0 Å². The predicted octanol–water partition coefficient (Wildman–Crippen LogP) is 1.79. The summed E-state index contributed by atoms with van der Waals surface area (Å²) in [5.41, 5.74) is 2.90. The molecule has 2 rings (SSSR count). The minimum atomic E-state index is 0.624. The third-order valence-corrected chi connectivity index (χ3v) is 3.05. The number of nitrogens with zero attached hydrogens (tertiary/aromatic N) is 1. The molecular formula is C12H18N2. The van der Waals surface area contributed by atoms with E-state index in [1.165, 1.54) is 11.1 Å². The van der Waals surface area contributed by atoms with Gasteiger partial charge in [-0.25, -0.2) is 0 Å². The molecule has 0 radical (unpaired) electrons. The quantitative estimate of drug-likeness (QED) is 0.730. The highest BCUT2D eigenvalue weighted by Crippen LogP contribution is 2.17. The molecule has 0 saturated carbocycles. The summed E-state index contributed by atoms with van der Waals surface area (Å²) >= 11 is 0. The summed E-state index contributed by atoms with van der Waals surface area (Å²) in [5.74, 6) is 0.703. The minimum Gasteiger partial charge on any atom is -0.313 e. The van der Waals surface area contributed by atoms with Gasteiger partial charge >= 0.3 is 0 Å². The molecule has 0 bridgehead atoms. The van der Waals surface area contributed by atoms with Crippen LogP contribution in [0.3, 0.4) is 0 Å². The van der Waals surface area contributed by atoms with E-state index in [2.05, 4.69) is 30.2 Å². The minimum absolute atomic E-state index is 0.624. The third-order valence-electron chi connectivity index (χ3n) is 3.05. The van der Waals surface area contributed by atoms with Crippen molar-refractivity contribution in [2.24, 2.45) is 5.92 Å². The zero-order valence-corrected chi connectivity index (χ0v) is 8.96. The first-order chi connectivity index (χ1) is 6.77. The van der Waals surface area contributed by atoms with Gasteiger partial charge in [-0.15, -0.1) is 0 Å². The molecule has 0 aromatic carbocycles. The van der Waals surface area contributed by atoms with Gasteiger partial charge in [-0.2, -0.15) is 0 Å². The highest BCUT2D eigenvalue weighted by molar-refractivity contribution is 5.26. The summed E-state index contributed by atoms with van der Waals surface area (Å²) in [4.78, 5) is 4.18. The van der Waals surface area contributed by atoms with Gasteiger partial charge < -0.3 is 5.32 Å². The Morgan fingerprint density at radius 3 is 3.07 bits per heavy atom. The van der Waals surface area contributed by atoms with E-state index in [0.29, 0.717) is 12.0 Å². The Bertz CT molecular complexity index is 307. The van der Waals surface area contributed by atoms with Gasteiger partial charge in [-0.05, 0) is 42.5 Å². The number of hydrogen-bond donors (Lipinski definition) is 1. The third kappa shape index (κ3) is 1.95. The Labute approximate surface area is 85.7 Å². The lowest BCUT2D eigenvalue weighted by Crippen LogP contribution is -2.35. The van der Waals surface area contributed by atoms with Crippen molar-refractivity contribution in [1.82, 2.24) is 10.3 Å². The predicted molar refractivity (Wildman–Crippen MR) is 58.3 cm³/mol. The molecule has 0 saturated heterocycles. The standard InChI is InChI=1S/C12H18N2/c1-9(2)12-7-10-3-5-13-8-11(10)4-6-14-12/h3,5,8-9,12,14H,4,6-7H2,1-2H3. The Morgan fingerprint density at radius 1 is 1.43 bits per heavy atom. The van der Waals surface area contributed by atoms with E-state index in [-0.39, 0.29) is 0 Å². The molecule has 2 heterocycles. The van der Waals surface area contributed by atoms with E-state index in [1.807, 2.05) is 12.4 Å². The molecule has 0 aliphatic carbocycles. The van der Waals surface area contributed by atoms with Crippen molar-refractivity contribution in [3.8, 4) is 0 Å². The molecule has 0 fully saturated rings. The number of nitrogens with one attached hydrogen (secondary N) is 1. The molecule has 1 atom stereocenters. The summed E-state index contributed by atoms with van der Waals surface area (Å²) < 4.78 is 0. The van der Waals surface area contributed by atoms with Crippen LogP contribution >= 0.6 is 0 Å². The van der Waals surface area contributed by atoms with Gasteiger partial charge in [0.05, 0.1) is 0 Å². The Kier molecular flexibility index (Phi) is 2.82. The number of aromatic nitrogens is 1. The fraction of sp³-hybridized carbons (Fsp3) is 0.583. The average Bonchev–Trinajstić information content (AvgIpc) is 2.39. The topological polar surface area (TPSA) is 24.9 Å². The average molecular weight is 190 g/mol. The molecule has 1 unspecified atom stereocenters. The molecule has 14 heavy (non-hydrogen) atoms. The van der Waals surface area contributed by atoms with Crippen LogP contribution in [0.1, 0.15) is 25.0 Å². The monoisotopic (exact) mass is 190 g/mol. The van der Waals surface area contributed by atoms with Crippen LogP contribution in [0.4, 0.5) is 0 Å². The van der Waals surface area contributed by atoms with Gasteiger partial charge in [0.1, 0.15) is 0 Å². The molecular weight excluding hydrogens is 172 g/mol. The molecule has 1 aliphatic heterocycles. The molecule has 2 nitrogen and oxygen atoms in total. The zero-order valence-electron chi connectivity index (χ0n) is 8.96. The van der Waals surface area contributed by atoms with E-state index < -0.39 is 0 Å². The molecule has 1 aromatic rings. The van der Waals surface area contributed by atoms with Crippen LogP contribution in [0.25, 0.3) is 0 Å². The van der Waals surface area contributed by atoms with Crippen molar-refractivity contribution in [3.05, 3.63) is 29.6 Å². The van der Waals surface area contributed by atoms with Gasteiger partial charge in [0.2, 0.25) is 0 Å². The van der Waals surface area contributed by atoms with E-state index in [1.54, 1.807) is 0 Å². The molecule has 0 amide bonds. The smallest absolute Gasteiger partial charge is 0.0303 e. The normalized spacial score (nSPS) is 21.8. The summed E-state index contributed by atoms with van der Waals surface area (Å²) in [7, 11) is 0. The van der Waals surface area contributed by atoms with Crippen LogP contribution in [0.15, 0.2) is 18.5 Å². The summed E-state index contributed by atoms with van der Waals surface area (Å²) in [6, 6.07) is 2.79. The van der Waals surface area contributed by atoms with Crippen molar-refractivity contribution in [2.75, 3.05) is 6.54 Å². The lowest BCUT2D eigenvalue weighted by molar-refractivity contribution is 0.408. The maximum absolute atomic E-state index is 4.18. The van der Waals surface area contributed by atoms with Gasteiger partial charge in [0.15, 0.2) is 0 Å². The summed E-state index contributed by atoms with van der Waals surface area (Å²) in [6.45, 7) is 5.65.